The molecule has 90 valence electrons. The van der Waals surface area contributed by atoms with Crippen molar-refractivity contribution in [2.75, 3.05) is 0 Å². The van der Waals surface area contributed by atoms with Crippen LogP contribution in [0.25, 0.3) is 11.8 Å². The van der Waals surface area contributed by atoms with Gasteiger partial charge >= 0.3 is 5.97 Å². The first-order chi connectivity index (χ1) is 8.75. The Bertz CT molecular complexity index is 583. The maximum Gasteiger partial charge on any atom is 0.328 e. The number of hydrogen-bond acceptors (Lipinski definition) is 2. The van der Waals surface area contributed by atoms with E-state index in [9.17, 15) is 4.79 Å². The van der Waals surface area contributed by atoms with E-state index in [0.717, 1.165) is 17.3 Å². The topological polar surface area (TPSA) is 55.1 Å². The Kier molecular flexibility index (Phi) is 3.71. The van der Waals surface area contributed by atoms with E-state index >= 15 is 0 Å². The molecule has 0 bridgehead atoms. The number of para-hydroxylation sites is 1. The summed E-state index contributed by atoms with van der Waals surface area (Å²) in [5, 5.41) is 12.7. The van der Waals surface area contributed by atoms with Gasteiger partial charge in [-0.25, -0.2) is 9.48 Å². The molecule has 0 fully saturated rings. The highest BCUT2D eigenvalue weighted by Gasteiger charge is 1.96. The average Bonchev–Trinajstić information content (AvgIpc) is 2.84. The van der Waals surface area contributed by atoms with Crippen LogP contribution in [0.4, 0.5) is 0 Å². The highest BCUT2D eigenvalue weighted by Crippen LogP contribution is 2.08. The quantitative estimate of drug-likeness (QED) is 0.660. The van der Waals surface area contributed by atoms with E-state index in [4.69, 9.17) is 5.11 Å². The Morgan fingerprint density at radius 1 is 1.22 bits per heavy atom. The Balaban J connectivity index is 2.09. The molecule has 0 spiro atoms. The normalized spacial score (nSPS) is 11.3. The summed E-state index contributed by atoms with van der Waals surface area (Å²) in [6.45, 7) is 0. The third kappa shape index (κ3) is 3.18. The summed E-state index contributed by atoms with van der Waals surface area (Å²) >= 11 is 0. The molecular weight excluding hydrogens is 228 g/mol. The smallest absolute Gasteiger partial charge is 0.328 e. The molecule has 0 aliphatic heterocycles. The Morgan fingerprint density at radius 3 is 2.72 bits per heavy atom. The van der Waals surface area contributed by atoms with Gasteiger partial charge in [-0.15, -0.1) is 0 Å². The van der Waals surface area contributed by atoms with Crippen LogP contribution in [-0.2, 0) is 4.79 Å². The molecule has 0 saturated carbocycles. The molecule has 18 heavy (non-hydrogen) atoms. The summed E-state index contributed by atoms with van der Waals surface area (Å²) in [5.41, 5.74) is 1.90. The van der Waals surface area contributed by atoms with Gasteiger partial charge in [-0.05, 0) is 12.1 Å². The molecule has 1 N–H and O–H groups in total. The van der Waals surface area contributed by atoms with Gasteiger partial charge in [-0.3, -0.25) is 0 Å². The van der Waals surface area contributed by atoms with Gasteiger partial charge in [-0.2, -0.15) is 5.10 Å². The third-order valence-corrected chi connectivity index (χ3v) is 2.26. The molecule has 4 nitrogen and oxygen atoms in total. The van der Waals surface area contributed by atoms with E-state index in [-0.39, 0.29) is 0 Å². The summed E-state index contributed by atoms with van der Waals surface area (Å²) in [6, 6.07) is 9.77. The van der Waals surface area contributed by atoms with Crippen LogP contribution in [0.5, 0.6) is 0 Å². The second-order valence-corrected chi connectivity index (χ2v) is 3.61. The van der Waals surface area contributed by atoms with Crippen LogP contribution in [0.3, 0.4) is 0 Å². The van der Waals surface area contributed by atoms with Gasteiger partial charge in [-0.1, -0.05) is 36.4 Å². The molecule has 0 atom stereocenters. The van der Waals surface area contributed by atoms with Gasteiger partial charge in [0.25, 0.3) is 0 Å². The fourth-order valence-corrected chi connectivity index (χ4v) is 1.45. The summed E-state index contributed by atoms with van der Waals surface area (Å²) in [5.74, 6) is -0.959. The first kappa shape index (κ1) is 11.9. The lowest BCUT2D eigenvalue weighted by Gasteiger charge is -1.98. The SMILES string of the molecule is O=C(O)C=CC=Cc1cnn(-c2ccccc2)c1. The molecule has 0 aliphatic carbocycles. The summed E-state index contributed by atoms with van der Waals surface area (Å²) in [7, 11) is 0. The highest BCUT2D eigenvalue weighted by atomic mass is 16.4. The van der Waals surface area contributed by atoms with Gasteiger partial charge < -0.3 is 5.11 Å². The maximum atomic E-state index is 10.3. The number of benzene rings is 1. The fraction of sp³-hybridized carbons (Fsp3) is 0. The van der Waals surface area contributed by atoms with Gasteiger partial charge in [0.2, 0.25) is 0 Å². The molecule has 0 unspecified atom stereocenters. The molecule has 2 rings (SSSR count). The summed E-state index contributed by atoms with van der Waals surface area (Å²) in [4.78, 5) is 10.3. The number of allylic oxidation sites excluding steroid dienone is 2. The van der Waals surface area contributed by atoms with Crippen LogP contribution >= 0.6 is 0 Å². The number of rotatable bonds is 4. The second-order valence-electron chi connectivity index (χ2n) is 3.61. The molecular formula is C14H12N2O2. The van der Waals surface area contributed by atoms with Crippen molar-refractivity contribution in [3.05, 3.63) is 66.5 Å². The minimum absolute atomic E-state index is 0.911. The Labute approximate surface area is 104 Å². The molecule has 0 radical (unpaired) electrons. The number of aromatic nitrogens is 2. The number of nitrogens with zero attached hydrogens (tertiary/aromatic N) is 2. The van der Waals surface area contributed by atoms with E-state index in [1.807, 2.05) is 36.5 Å². The van der Waals surface area contributed by atoms with E-state index in [2.05, 4.69) is 5.10 Å². The standard InChI is InChI=1S/C14H12N2O2/c17-14(18)9-5-4-6-12-10-15-16(11-12)13-7-2-1-3-8-13/h1-11H,(H,17,18). The van der Waals surface area contributed by atoms with Crippen molar-refractivity contribution >= 4 is 12.0 Å². The first-order valence-corrected chi connectivity index (χ1v) is 5.43. The zero-order valence-corrected chi connectivity index (χ0v) is 9.60. The fourth-order valence-electron chi connectivity index (χ4n) is 1.45. The van der Waals surface area contributed by atoms with Crippen LogP contribution in [0, 0.1) is 0 Å². The van der Waals surface area contributed by atoms with E-state index in [1.54, 1.807) is 23.0 Å². The Morgan fingerprint density at radius 2 is 2.00 bits per heavy atom. The molecule has 1 heterocycles. The first-order valence-electron chi connectivity index (χ1n) is 5.43. The number of aliphatic carboxylic acids is 1. The van der Waals surface area contributed by atoms with Gasteiger partial charge in [0.05, 0.1) is 11.9 Å². The summed E-state index contributed by atoms with van der Waals surface area (Å²) in [6.07, 6.45) is 9.62. The molecule has 0 amide bonds. The lowest BCUT2D eigenvalue weighted by atomic mass is 10.3. The largest absolute Gasteiger partial charge is 0.478 e. The molecule has 4 heteroatoms. The molecule has 1 aromatic heterocycles. The van der Waals surface area contributed by atoms with Crippen molar-refractivity contribution in [1.29, 1.82) is 0 Å². The second kappa shape index (κ2) is 5.63. The summed E-state index contributed by atoms with van der Waals surface area (Å²) < 4.78 is 1.76. The van der Waals surface area contributed by atoms with E-state index in [0.29, 0.717) is 0 Å². The minimum Gasteiger partial charge on any atom is -0.478 e. The van der Waals surface area contributed by atoms with Crippen LogP contribution in [0.2, 0.25) is 0 Å². The van der Waals surface area contributed by atoms with Gasteiger partial charge in [0.1, 0.15) is 0 Å². The molecule has 0 aliphatic rings. The molecule has 0 saturated heterocycles. The monoisotopic (exact) mass is 240 g/mol. The maximum absolute atomic E-state index is 10.3. The van der Waals surface area contributed by atoms with Crippen molar-refractivity contribution in [3.8, 4) is 5.69 Å². The van der Waals surface area contributed by atoms with Crippen molar-refractivity contribution in [2.45, 2.75) is 0 Å². The molecule has 2 aromatic rings. The minimum atomic E-state index is -0.959. The third-order valence-electron chi connectivity index (χ3n) is 2.26. The lowest BCUT2D eigenvalue weighted by Crippen LogP contribution is -1.92. The van der Waals surface area contributed by atoms with Gasteiger partial charge in [0.15, 0.2) is 0 Å². The number of carboxylic acid groups (broad SMARTS) is 1. The average molecular weight is 240 g/mol. The van der Waals surface area contributed by atoms with Crippen molar-refractivity contribution in [2.24, 2.45) is 0 Å². The predicted octanol–water partition coefficient (Wildman–Crippen LogP) is 2.53. The Hall–Kier alpha value is -2.62. The zero-order chi connectivity index (χ0) is 12.8. The highest BCUT2D eigenvalue weighted by molar-refractivity contribution is 5.80. The van der Waals surface area contributed by atoms with Crippen LogP contribution in [0.1, 0.15) is 5.56 Å². The number of carboxylic acids is 1. The van der Waals surface area contributed by atoms with Crippen molar-refractivity contribution in [1.82, 2.24) is 9.78 Å². The van der Waals surface area contributed by atoms with Gasteiger partial charge in [0, 0.05) is 17.8 Å². The lowest BCUT2D eigenvalue weighted by molar-refractivity contribution is -0.131. The van der Waals surface area contributed by atoms with Crippen LogP contribution in [0.15, 0.2) is 61.0 Å². The number of hydrogen-bond donors (Lipinski definition) is 1. The van der Waals surface area contributed by atoms with Crippen LogP contribution in [-0.4, -0.2) is 20.9 Å². The number of carbonyl (C=O) groups is 1. The van der Waals surface area contributed by atoms with E-state index in [1.165, 1.54) is 6.08 Å². The molecule has 1 aromatic carbocycles. The zero-order valence-electron chi connectivity index (χ0n) is 9.60. The van der Waals surface area contributed by atoms with Crippen molar-refractivity contribution in [3.63, 3.8) is 0 Å². The van der Waals surface area contributed by atoms with Crippen LogP contribution < -0.4 is 0 Å². The predicted molar refractivity (Wildman–Crippen MR) is 69.4 cm³/mol. The van der Waals surface area contributed by atoms with E-state index < -0.39 is 5.97 Å². The van der Waals surface area contributed by atoms with Crippen molar-refractivity contribution < 1.29 is 9.90 Å².